The van der Waals surface area contributed by atoms with E-state index in [2.05, 4.69) is 132 Å². The van der Waals surface area contributed by atoms with Crippen molar-refractivity contribution in [3.8, 4) is 23.0 Å². The van der Waals surface area contributed by atoms with Crippen molar-refractivity contribution >= 4 is 0 Å². The summed E-state index contributed by atoms with van der Waals surface area (Å²) in [4.78, 5) is 4.10. The van der Waals surface area contributed by atoms with Crippen LogP contribution in [0.15, 0.2) is 48.5 Å². The minimum absolute atomic E-state index is 0.153. The van der Waals surface area contributed by atoms with E-state index in [1.807, 2.05) is 38.0 Å². The van der Waals surface area contributed by atoms with Gasteiger partial charge in [-0.05, 0) is 119 Å². The van der Waals surface area contributed by atoms with Crippen LogP contribution in [0.5, 0.6) is 23.0 Å². The van der Waals surface area contributed by atoms with Gasteiger partial charge in [0.25, 0.3) is 0 Å². The molecule has 0 amide bonds. The van der Waals surface area contributed by atoms with Gasteiger partial charge < -0.3 is 20.4 Å². The second-order valence-electron chi connectivity index (χ2n) is 20.4. The lowest BCUT2D eigenvalue weighted by atomic mass is 9.77. The summed E-state index contributed by atoms with van der Waals surface area (Å²) >= 11 is 0. The Balaban J connectivity index is 2.04. The van der Waals surface area contributed by atoms with Gasteiger partial charge in [0.05, 0.1) is 12.1 Å². The SMILES string of the molecule is CN(C)C1c2cc(C(C)(C)C)cc(c2O)Cc2cc(C(C)(C)C)cc(c2O)C(N(C)C)c2cc(C(C)(C)C)cc(c2O)Cc2cc(C(C)(C)C)cc1c2O. The normalized spacial score (nSPS) is 17.0. The molecule has 0 heterocycles. The molecule has 0 aromatic heterocycles. The Kier molecular flexibility index (Phi) is 10.6. The molecule has 0 aliphatic heterocycles. The van der Waals surface area contributed by atoms with Crippen LogP contribution in [0.2, 0.25) is 0 Å². The van der Waals surface area contributed by atoms with Crippen LogP contribution in [0, 0.1) is 0 Å². The van der Waals surface area contributed by atoms with Crippen LogP contribution in [0.3, 0.4) is 0 Å². The van der Waals surface area contributed by atoms with E-state index in [0.717, 1.165) is 22.3 Å². The van der Waals surface area contributed by atoms with Crippen LogP contribution >= 0.6 is 0 Å². The number of benzene rings is 4. The number of nitrogens with zero attached hydrogens (tertiary/aromatic N) is 2. The van der Waals surface area contributed by atoms with Gasteiger partial charge in [0.1, 0.15) is 23.0 Å². The lowest BCUT2D eigenvalue weighted by Gasteiger charge is -2.33. The molecule has 0 saturated heterocycles. The highest BCUT2D eigenvalue weighted by atomic mass is 16.3. The first-order chi connectivity index (χ1) is 24.6. The van der Waals surface area contributed by atoms with E-state index in [-0.39, 0.29) is 57.5 Å². The van der Waals surface area contributed by atoms with Crippen molar-refractivity contribution in [1.82, 2.24) is 9.80 Å². The second-order valence-corrected chi connectivity index (χ2v) is 20.4. The number of rotatable bonds is 2. The molecule has 6 heteroatoms. The van der Waals surface area contributed by atoms with Crippen molar-refractivity contribution in [2.75, 3.05) is 28.2 Å². The van der Waals surface area contributed by atoms with Gasteiger partial charge in [0.15, 0.2) is 0 Å². The third-order valence-electron chi connectivity index (χ3n) is 11.3. The fourth-order valence-electron chi connectivity index (χ4n) is 7.84. The van der Waals surface area contributed by atoms with E-state index >= 15 is 0 Å². The Morgan fingerprint density at radius 1 is 0.370 bits per heavy atom. The molecule has 6 nitrogen and oxygen atoms in total. The number of fused-ring (bicyclic) bond motifs is 8. The van der Waals surface area contributed by atoms with Gasteiger partial charge in [-0.25, -0.2) is 0 Å². The minimum atomic E-state index is -0.506. The third-order valence-corrected chi connectivity index (χ3v) is 11.3. The lowest BCUT2D eigenvalue weighted by molar-refractivity contribution is 0.318. The maximum Gasteiger partial charge on any atom is 0.124 e. The van der Waals surface area contributed by atoms with Crippen molar-refractivity contribution in [3.63, 3.8) is 0 Å². The van der Waals surface area contributed by atoms with Crippen LogP contribution in [0.4, 0.5) is 0 Å². The van der Waals surface area contributed by atoms with Crippen LogP contribution in [0.1, 0.15) is 162 Å². The number of phenols is 4. The second kappa shape index (κ2) is 13.9. The number of phenolic OH excluding ortho intramolecular Hbond substituents is 4. The summed E-state index contributed by atoms with van der Waals surface area (Å²) in [5.41, 5.74) is 8.80. The van der Waals surface area contributed by atoms with Gasteiger partial charge >= 0.3 is 0 Å². The summed E-state index contributed by atoms with van der Waals surface area (Å²) in [6.07, 6.45) is 0.564. The van der Waals surface area contributed by atoms with Crippen molar-refractivity contribution < 1.29 is 20.4 Å². The maximum absolute atomic E-state index is 12.4. The van der Waals surface area contributed by atoms with E-state index in [1.54, 1.807) is 0 Å². The summed E-state index contributed by atoms with van der Waals surface area (Å²) in [6.45, 7) is 26.0. The van der Waals surface area contributed by atoms with Crippen molar-refractivity contribution in [1.29, 1.82) is 0 Å². The lowest BCUT2D eigenvalue weighted by Crippen LogP contribution is -2.25. The fourth-order valence-corrected chi connectivity index (χ4v) is 7.84. The van der Waals surface area contributed by atoms with Gasteiger partial charge in [-0.1, -0.05) is 107 Å². The Hall–Kier alpha value is -4.00. The summed E-state index contributed by atoms with van der Waals surface area (Å²) in [5.74, 6) is 0.611. The topological polar surface area (TPSA) is 87.4 Å². The molecule has 292 valence electrons. The largest absolute Gasteiger partial charge is 0.507 e. The van der Waals surface area contributed by atoms with Crippen molar-refractivity contribution in [2.24, 2.45) is 0 Å². The molecule has 8 bridgehead atoms. The maximum atomic E-state index is 12.4. The molecule has 0 saturated carbocycles. The average Bonchev–Trinajstić information content (AvgIpc) is 3.01. The Morgan fingerprint density at radius 2 is 0.556 bits per heavy atom. The summed E-state index contributed by atoms with van der Waals surface area (Å²) in [6, 6.07) is 15.6. The van der Waals surface area contributed by atoms with Crippen LogP contribution in [-0.2, 0) is 34.5 Å². The first-order valence-electron chi connectivity index (χ1n) is 19.4. The monoisotopic (exact) mass is 735 g/mol. The number of hydrogen-bond donors (Lipinski definition) is 4. The molecule has 5 rings (SSSR count). The molecule has 0 atom stereocenters. The predicted octanol–water partition coefficient (Wildman–Crippen LogP) is 10.5. The zero-order valence-electron chi connectivity index (χ0n) is 35.9. The van der Waals surface area contributed by atoms with Gasteiger partial charge in [0.2, 0.25) is 0 Å². The van der Waals surface area contributed by atoms with Crippen LogP contribution in [-0.4, -0.2) is 58.4 Å². The Labute approximate surface area is 325 Å². The Bertz CT molecular complexity index is 1780. The molecule has 0 spiro atoms. The van der Waals surface area contributed by atoms with Gasteiger partial charge in [-0.15, -0.1) is 0 Å². The Morgan fingerprint density at radius 3 is 0.704 bits per heavy atom. The van der Waals surface area contributed by atoms with Gasteiger partial charge in [-0.2, -0.15) is 0 Å². The highest BCUT2D eigenvalue weighted by molar-refractivity contribution is 5.61. The number of aromatic hydroxyl groups is 4. The molecule has 1 aliphatic carbocycles. The highest BCUT2D eigenvalue weighted by Crippen LogP contribution is 2.48. The quantitative estimate of drug-likeness (QED) is 0.164. The van der Waals surface area contributed by atoms with Crippen LogP contribution in [0.25, 0.3) is 0 Å². The zero-order valence-corrected chi connectivity index (χ0v) is 35.9. The predicted molar refractivity (Wildman–Crippen MR) is 224 cm³/mol. The van der Waals surface area contributed by atoms with E-state index in [9.17, 15) is 20.4 Å². The van der Waals surface area contributed by atoms with Crippen molar-refractivity contribution in [3.05, 3.63) is 115 Å². The summed E-state index contributed by atoms with van der Waals surface area (Å²) in [5, 5.41) is 49.7. The smallest absolute Gasteiger partial charge is 0.124 e. The van der Waals surface area contributed by atoms with Gasteiger partial charge in [-0.3, -0.25) is 9.80 Å². The molecule has 1 aliphatic rings. The summed E-state index contributed by atoms with van der Waals surface area (Å²) in [7, 11) is 7.91. The first-order valence-corrected chi connectivity index (χ1v) is 19.4. The standard InChI is InChI=1S/C48H66N2O4/c1-45(2,3)31-19-27-17-28-20-32(46(4,5)6)25-37(42(28)52)40(50(15)16)38-26-34(48(10,11)12)22-30(44(38)54)18-29-21-33(47(7,8)9)24-36(43(29)53)39(49(13)14)35(23-31)41(27)51/h19-26,39-40,51-54H,17-18H2,1-16H3. The molecule has 4 N–H and O–H groups in total. The minimum Gasteiger partial charge on any atom is -0.507 e. The fraction of sp³-hybridized carbons (Fsp3) is 0.500. The zero-order chi connectivity index (χ0) is 40.6. The third kappa shape index (κ3) is 7.88. The van der Waals surface area contributed by atoms with E-state index in [1.165, 1.54) is 0 Å². The molecule has 0 radical (unpaired) electrons. The molecular formula is C48H66N2O4. The van der Waals surface area contributed by atoms with E-state index < -0.39 is 12.1 Å². The van der Waals surface area contributed by atoms with Crippen LogP contribution < -0.4 is 0 Å². The first kappa shape index (κ1) is 41.2. The van der Waals surface area contributed by atoms with E-state index in [4.69, 9.17) is 0 Å². The van der Waals surface area contributed by atoms with Crippen molar-refractivity contribution in [2.45, 2.75) is 130 Å². The highest BCUT2D eigenvalue weighted by Gasteiger charge is 2.34. The molecular weight excluding hydrogens is 669 g/mol. The summed E-state index contributed by atoms with van der Waals surface area (Å²) < 4.78 is 0. The van der Waals surface area contributed by atoms with E-state index in [0.29, 0.717) is 44.5 Å². The molecule has 4 aromatic rings. The molecule has 0 unspecified atom stereocenters. The molecule has 4 aromatic carbocycles. The average molecular weight is 735 g/mol. The number of hydrogen-bond acceptors (Lipinski definition) is 6. The molecule has 0 fully saturated rings. The van der Waals surface area contributed by atoms with Gasteiger partial charge in [0, 0.05) is 35.1 Å². The molecule has 54 heavy (non-hydrogen) atoms.